The van der Waals surface area contributed by atoms with Crippen LogP contribution in [0, 0.1) is 0 Å². The lowest BCUT2D eigenvalue weighted by Gasteiger charge is -2.17. The van der Waals surface area contributed by atoms with E-state index < -0.39 is 0 Å². The summed E-state index contributed by atoms with van der Waals surface area (Å²) in [5.41, 5.74) is 5.78. The topological polar surface area (TPSA) is 82.6 Å². The zero-order valence-corrected chi connectivity index (χ0v) is 18.2. The van der Waals surface area contributed by atoms with Crippen LogP contribution in [0.25, 0.3) is 22.5 Å². The van der Waals surface area contributed by atoms with Gasteiger partial charge in [-0.25, -0.2) is 14.3 Å². The third-order valence-electron chi connectivity index (χ3n) is 5.17. The summed E-state index contributed by atoms with van der Waals surface area (Å²) in [4.78, 5) is 22.2. The van der Waals surface area contributed by atoms with Crippen LogP contribution in [0.15, 0.2) is 78.4 Å². The van der Waals surface area contributed by atoms with Crippen molar-refractivity contribution < 1.29 is 14.5 Å². The van der Waals surface area contributed by atoms with Crippen LogP contribution < -0.4 is 20.7 Å². The van der Waals surface area contributed by atoms with E-state index in [0.717, 1.165) is 11.1 Å². The Morgan fingerprint density at radius 3 is 2.69 bits per heavy atom. The lowest BCUT2D eigenvalue weighted by molar-refractivity contribution is -0.715. The van der Waals surface area contributed by atoms with Crippen molar-refractivity contribution in [1.82, 2.24) is 14.9 Å². The van der Waals surface area contributed by atoms with E-state index in [9.17, 15) is 9.90 Å². The van der Waals surface area contributed by atoms with Gasteiger partial charge < -0.3 is 5.11 Å². The van der Waals surface area contributed by atoms with Gasteiger partial charge >= 0.3 is 5.56 Å². The highest BCUT2D eigenvalue weighted by Gasteiger charge is 2.20. The smallest absolute Gasteiger partial charge is 0.349 e. The molecule has 3 aromatic heterocycles. The molecule has 0 aliphatic carbocycles. The summed E-state index contributed by atoms with van der Waals surface area (Å²) in [7, 11) is 1.50. The van der Waals surface area contributed by atoms with Crippen LogP contribution in [-0.2, 0) is 17.8 Å². The summed E-state index contributed by atoms with van der Waals surface area (Å²) in [5.74, 6) is -0.343. The molecule has 0 bridgehead atoms. The zero-order chi connectivity index (χ0) is 22.7. The zero-order valence-electron chi connectivity index (χ0n) is 17.4. The number of nitrogens with zero attached hydrogens (tertiary/aromatic N) is 3. The van der Waals surface area contributed by atoms with Crippen molar-refractivity contribution in [3.05, 3.63) is 100 Å². The third-order valence-corrected chi connectivity index (χ3v) is 5.39. The van der Waals surface area contributed by atoms with Gasteiger partial charge in [-0.15, -0.1) is 0 Å². The maximum atomic E-state index is 13.5. The summed E-state index contributed by atoms with van der Waals surface area (Å²) in [6.45, 7) is 4.27. The van der Waals surface area contributed by atoms with Crippen molar-refractivity contribution in [1.29, 1.82) is 0 Å². The van der Waals surface area contributed by atoms with Gasteiger partial charge in [0.2, 0.25) is 0 Å². The van der Waals surface area contributed by atoms with Crippen LogP contribution in [0.5, 0.6) is 5.88 Å². The van der Waals surface area contributed by atoms with E-state index in [4.69, 9.17) is 16.4 Å². The second-order valence-corrected chi connectivity index (χ2v) is 7.55. The van der Waals surface area contributed by atoms with E-state index in [1.165, 1.54) is 11.5 Å². The minimum Gasteiger partial charge on any atom is -0.842 e. The molecule has 32 heavy (non-hydrogen) atoms. The van der Waals surface area contributed by atoms with Crippen molar-refractivity contribution in [3.8, 4) is 17.0 Å². The summed E-state index contributed by atoms with van der Waals surface area (Å²) >= 11 is 5.87. The first-order valence-electron chi connectivity index (χ1n) is 9.93. The van der Waals surface area contributed by atoms with Crippen LogP contribution in [-0.4, -0.2) is 16.5 Å². The molecule has 1 aromatic carbocycles. The van der Waals surface area contributed by atoms with Crippen LogP contribution in [0.1, 0.15) is 11.1 Å². The number of hydroxylamine groups is 1. The highest BCUT2D eigenvalue weighted by Crippen LogP contribution is 2.23. The fraction of sp³-hybridized carbons (Fsp3) is 0.125. The van der Waals surface area contributed by atoms with Gasteiger partial charge in [0.25, 0.3) is 5.65 Å². The van der Waals surface area contributed by atoms with Gasteiger partial charge in [-0.1, -0.05) is 54.6 Å². The average molecular weight is 449 g/mol. The largest absolute Gasteiger partial charge is 0.842 e. The molecule has 162 valence electrons. The van der Waals surface area contributed by atoms with Crippen LogP contribution in [0.3, 0.4) is 0 Å². The highest BCUT2D eigenvalue weighted by molar-refractivity contribution is 6.29. The number of aromatic nitrogens is 3. The molecular weight excluding hydrogens is 428 g/mol. The Hall–Kier alpha value is -3.68. The van der Waals surface area contributed by atoms with Gasteiger partial charge in [-0.05, 0) is 28.8 Å². The number of nitrogens with one attached hydrogen (secondary N) is 1. The van der Waals surface area contributed by atoms with E-state index in [0.29, 0.717) is 35.0 Å². The summed E-state index contributed by atoms with van der Waals surface area (Å²) < 4.78 is 3.11. The second kappa shape index (κ2) is 9.21. The fourth-order valence-corrected chi connectivity index (χ4v) is 3.67. The van der Waals surface area contributed by atoms with E-state index >= 15 is 0 Å². The molecule has 4 rings (SSSR count). The van der Waals surface area contributed by atoms with Crippen molar-refractivity contribution >= 4 is 22.9 Å². The van der Waals surface area contributed by atoms with Crippen LogP contribution >= 0.6 is 11.6 Å². The maximum absolute atomic E-state index is 13.5. The number of halogens is 1. The molecule has 0 spiro atoms. The molecule has 0 radical (unpaired) electrons. The van der Waals surface area contributed by atoms with E-state index in [-0.39, 0.29) is 17.0 Å². The third kappa shape index (κ3) is 4.21. The number of fused-ring (bicyclic) bond motifs is 1. The number of pyridine rings is 2. The SMILES string of the molecule is C=C(NOC)c1ccc(-c2c([O-])[n+](CCc3ccc(Cl)nc3)c3ccccn3c2=O)cc1. The fourth-order valence-electron chi connectivity index (χ4n) is 3.56. The molecule has 4 aromatic rings. The van der Waals surface area contributed by atoms with Crippen molar-refractivity contribution in [2.24, 2.45) is 0 Å². The minimum atomic E-state index is -0.364. The van der Waals surface area contributed by atoms with Crippen molar-refractivity contribution in [2.45, 2.75) is 13.0 Å². The Kier molecular flexibility index (Phi) is 6.20. The standard InChI is InChI=1S/C24H21ClN4O3/c1-16(27-32-2)18-7-9-19(10-8-18)22-23(30)28-13-4-3-5-21(28)29(24(22)31)14-12-17-6-11-20(25)26-15-17/h3-11,13,15,27H,1,12,14H2,2H3. The molecule has 0 fully saturated rings. The van der Waals surface area contributed by atoms with E-state index in [1.807, 2.05) is 6.07 Å². The molecule has 7 nitrogen and oxygen atoms in total. The van der Waals surface area contributed by atoms with Crippen LogP contribution in [0.4, 0.5) is 0 Å². The first-order chi connectivity index (χ1) is 15.5. The first-order valence-corrected chi connectivity index (χ1v) is 10.3. The molecule has 0 saturated carbocycles. The van der Waals surface area contributed by atoms with Gasteiger partial charge in [0.05, 0.1) is 31.4 Å². The minimum absolute atomic E-state index is 0.111. The normalized spacial score (nSPS) is 10.9. The predicted molar refractivity (Wildman–Crippen MR) is 121 cm³/mol. The molecule has 0 aliphatic rings. The maximum Gasteiger partial charge on any atom is 0.349 e. The predicted octanol–water partition coefficient (Wildman–Crippen LogP) is 2.74. The Morgan fingerprint density at radius 2 is 2.00 bits per heavy atom. The Labute approximate surface area is 189 Å². The lowest BCUT2D eigenvalue weighted by atomic mass is 10.0. The molecule has 1 N–H and O–H groups in total. The Balaban J connectivity index is 1.78. The summed E-state index contributed by atoms with van der Waals surface area (Å²) in [6, 6.07) is 16.0. The number of aryl methyl sites for hydroxylation is 2. The van der Waals surface area contributed by atoms with Crippen molar-refractivity contribution in [3.63, 3.8) is 0 Å². The molecule has 0 saturated heterocycles. The number of hydrogen-bond donors (Lipinski definition) is 1. The Morgan fingerprint density at radius 1 is 1.22 bits per heavy atom. The summed E-state index contributed by atoms with van der Waals surface area (Å²) in [6.07, 6.45) is 3.92. The van der Waals surface area contributed by atoms with Gasteiger partial charge in [-0.3, -0.25) is 10.3 Å². The van der Waals surface area contributed by atoms with Gasteiger partial charge in [0, 0.05) is 18.7 Å². The number of hydrogen-bond acceptors (Lipinski definition) is 5. The van der Waals surface area contributed by atoms with E-state index in [2.05, 4.69) is 17.0 Å². The van der Waals surface area contributed by atoms with Crippen LogP contribution in [0.2, 0.25) is 5.15 Å². The van der Waals surface area contributed by atoms with Gasteiger partial charge in [0.15, 0.2) is 0 Å². The first kappa shape index (κ1) is 21.5. The number of rotatable bonds is 7. The Bertz CT molecular complexity index is 1330. The molecule has 0 amide bonds. The van der Waals surface area contributed by atoms with Gasteiger partial charge in [0.1, 0.15) is 10.7 Å². The monoisotopic (exact) mass is 448 g/mol. The number of benzene rings is 1. The summed E-state index contributed by atoms with van der Waals surface area (Å²) in [5, 5.41) is 13.9. The van der Waals surface area contributed by atoms with E-state index in [1.54, 1.807) is 65.5 Å². The average Bonchev–Trinajstić information content (AvgIpc) is 2.81. The van der Waals surface area contributed by atoms with Gasteiger partial charge in [-0.2, -0.15) is 4.40 Å². The highest BCUT2D eigenvalue weighted by atomic mass is 35.5. The molecule has 8 heteroatoms. The molecule has 0 aliphatic heterocycles. The molecule has 3 heterocycles. The van der Waals surface area contributed by atoms with Crippen molar-refractivity contribution in [2.75, 3.05) is 7.11 Å². The molecular formula is C24H21ClN4O3. The lowest BCUT2D eigenvalue weighted by Crippen LogP contribution is -2.44. The quantitative estimate of drug-likeness (QED) is 0.267. The molecule has 0 unspecified atom stereocenters. The molecule has 0 atom stereocenters. The second-order valence-electron chi connectivity index (χ2n) is 7.17.